The minimum Gasteiger partial charge on any atom is -0.465 e. The minimum atomic E-state index is -3.14. The molecule has 1 saturated heterocycles. The third kappa shape index (κ3) is 3.10. The number of nitrogens with zero attached hydrogens (tertiary/aromatic N) is 3. The van der Waals surface area contributed by atoms with Gasteiger partial charge >= 0.3 is 5.97 Å². The second kappa shape index (κ2) is 5.66. The Morgan fingerprint density at radius 2 is 1.90 bits per heavy atom. The molecule has 1 aromatic heterocycles. The Labute approximate surface area is 122 Å². The van der Waals surface area contributed by atoms with Gasteiger partial charge in [0.15, 0.2) is 5.13 Å². The first kappa shape index (κ1) is 15.2. The maximum absolute atomic E-state index is 11.6. The van der Waals surface area contributed by atoms with Gasteiger partial charge < -0.3 is 9.64 Å². The zero-order valence-electron chi connectivity index (χ0n) is 11.6. The SMILES string of the molecule is COC(=O)c1sc(N2CCN(S(C)(=O)=O)CC2)nc1C. The standard InChI is InChI=1S/C11H17N3O4S2/c1-8-9(10(15)18-2)19-11(12-8)13-4-6-14(7-5-13)20(3,16)17/h4-7H2,1-3H3. The Hall–Kier alpha value is -1.19. The molecule has 1 aliphatic rings. The highest BCUT2D eigenvalue weighted by molar-refractivity contribution is 7.88. The zero-order chi connectivity index (χ0) is 14.9. The Kier molecular flexibility index (Phi) is 4.31. The summed E-state index contributed by atoms with van der Waals surface area (Å²) in [6, 6.07) is 0. The topological polar surface area (TPSA) is 79.8 Å². The summed E-state index contributed by atoms with van der Waals surface area (Å²) in [6.45, 7) is 3.77. The largest absolute Gasteiger partial charge is 0.465 e. The first-order chi connectivity index (χ1) is 9.32. The number of carbonyl (C=O) groups excluding carboxylic acids is 1. The molecule has 0 spiro atoms. The van der Waals surface area contributed by atoms with Crippen LogP contribution >= 0.6 is 11.3 Å². The number of ether oxygens (including phenoxy) is 1. The molecule has 112 valence electrons. The Bertz CT molecular complexity index is 603. The molecule has 0 atom stereocenters. The van der Waals surface area contributed by atoms with Crippen LogP contribution in [0, 0.1) is 6.92 Å². The van der Waals surface area contributed by atoms with Gasteiger partial charge in [-0.25, -0.2) is 18.2 Å². The van der Waals surface area contributed by atoms with E-state index in [1.807, 2.05) is 4.90 Å². The number of piperazine rings is 1. The molecule has 20 heavy (non-hydrogen) atoms. The van der Waals surface area contributed by atoms with E-state index in [4.69, 9.17) is 4.74 Å². The van der Waals surface area contributed by atoms with E-state index in [1.165, 1.54) is 29.0 Å². The molecule has 7 nitrogen and oxygen atoms in total. The maximum atomic E-state index is 11.6. The number of carbonyl (C=O) groups is 1. The lowest BCUT2D eigenvalue weighted by Gasteiger charge is -2.32. The molecular weight excluding hydrogens is 302 g/mol. The van der Waals surface area contributed by atoms with Crippen molar-refractivity contribution in [1.29, 1.82) is 0 Å². The van der Waals surface area contributed by atoms with Crippen molar-refractivity contribution in [2.45, 2.75) is 6.92 Å². The second-order valence-electron chi connectivity index (χ2n) is 4.55. The highest BCUT2D eigenvalue weighted by atomic mass is 32.2. The van der Waals surface area contributed by atoms with E-state index in [2.05, 4.69) is 4.98 Å². The Morgan fingerprint density at radius 1 is 1.30 bits per heavy atom. The second-order valence-corrected chi connectivity index (χ2v) is 7.51. The summed E-state index contributed by atoms with van der Waals surface area (Å²) in [5.74, 6) is -0.388. The molecule has 0 radical (unpaired) electrons. The number of anilines is 1. The monoisotopic (exact) mass is 319 g/mol. The summed E-state index contributed by atoms with van der Waals surface area (Å²) in [6.07, 6.45) is 1.21. The number of esters is 1. The van der Waals surface area contributed by atoms with Crippen molar-refractivity contribution in [2.75, 3.05) is 44.4 Å². The summed E-state index contributed by atoms with van der Waals surface area (Å²) in [5.41, 5.74) is 0.641. The molecule has 0 bridgehead atoms. The van der Waals surface area contributed by atoms with Gasteiger partial charge in [-0.2, -0.15) is 4.31 Å². The summed E-state index contributed by atoms with van der Waals surface area (Å²) in [4.78, 5) is 18.4. The summed E-state index contributed by atoms with van der Waals surface area (Å²) in [5, 5.41) is 0.732. The molecule has 1 aliphatic heterocycles. The van der Waals surface area contributed by atoms with Crippen LogP contribution in [0.25, 0.3) is 0 Å². The number of aromatic nitrogens is 1. The quantitative estimate of drug-likeness (QED) is 0.747. The van der Waals surface area contributed by atoms with Gasteiger partial charge in [-0.15, -0.1) is 0 Å². The van der Waals surface area contributed by atoms with Crippen molar-refractivity contribution in [3.8, 4) is 0 Å². The maximum Gasteiger partial charge on any atom is 0.350 e. The van der Waals surface area contributed by atoms with Crippen LogP contribution in [0.2, 0.25) is 0 Å². The molecule has 0 unspecified atom stereocenters. The number of aryl methyl sites for hydroxylation is 1. The third-order valence-electron chi connectivity index (χ3n) is 3.13. The average Bonchev–Trinajstić information content (AvgIpc) is 2.79. The van der Waals surface area contributed by atoms with Crippen LogP contribution in [-0.4, -0.2) is 63.2 Å². The zero-order valence-corrected chi connectivity index (χ0v) is 13.3. The molecule has 2 heterocycles. The van der Waals surface area contributed by atoms with E-state index in [-0.39, 0.29) is 5.97 Å². The molecule has 9 heteroatoms. The normalized spacial score (nSPS) is 17.2. The van der Waals surface area contributed by atoms with E-state index >= 15 is 0 Å². The number of methoxy groups -OCH3 is 1. The summed E-state index contributed by atoms with van der Waals surface area (Å²) in [7, 11) is -1.80. The molecule has 1 fully saturated rings. The summed E-state index contributed by atoms with van der Waals surface area (Å²) >= 11 is 1.28. The molecule has 1 aromatic rings. The van der Waals surface area contributed by atoms with Gasteiger partial charge in [-0.05, 0) is 6.92 Å². The van der Waals surface area contributed by atoms with Crippen LogP contribution < -0.4 is 4.90 Å². The lowest BCUT2D eigenvalue weighted by atomic mass is 10.4. The Morgan fingerprint density at radius 3 is 2.40 bits per heavy atom. The van der Waals surface area contributed by atoms with E-state index in [1.54, 1.807) is 6.92 Å². The minimum absolute atomic E-state index is 0.388. The van der Waals surface area contributed by atoms with Crippen molar-refractivity contribution in [3.05, 3.63) is 10.6 Å². The third-order valence-corrected chi connectivity index (χ3v) is 5.64. The molecule has 0 N–H and O–H groups in total. The first-order valence-corrected chi connectivity index (χ1v) is 8.75. The molecule has 2 rings (SSSR count). The average molecular weight is 319 g/mol. The molecule has 0 aliphatic carbocycles. The first-order valence-electron chi connectivity index (χ1n) is 6.08. The smallest absolute Gasteiger partial charge is 0.350 e. The molecular formula is C11H17N3O4S2. The van der Waals surface area contributed by atoms with Gasteiger partial charge in [0.25, 0.3) is 0 Å². The van der Waals surface area contributed by atoms with E-state index in [9.17, 15) is 13.2 Å². The van der Waals surface area contributed by atoms with Gasteiger partial charge in [0, 0.05) is 26.2 Å². The van der Waals surface area contributed by atoms with E-state index in [0.717, 1.165) is 5.13 Å². The highest BCUT2D eigenvalue weighted by Crippen LogP contribution is 2.27. The predicted octanol–water partition coefficient (Wildman–Crippen LogP) is 0.320. The number of sulfonamides is 1. The fraction of sp³-hybridized carbons (Fsp3) is 0.636. The van der Waals surface area contributed by atoms with Crippen LogP contribution in [0.4, 0.5) is 5.13 Å². The van der Waals surface area contributed by atoms with E-state index in [0.29, 0.717) is 36.8 Å². The van der Waals surface area contributed by atoms with Gasteiger partial charge in [0.1, 0.15) is 4.88 Å². The molecule has 0 aromatic carbocycles. The predicted molar refractivity (Wildman–Crippen MR) is 76.8 cm³/mol. The van der Waals surface area contributed by atoms with Gasteiger partial charge in [0.2, 0.25) is 10.0 Å². The van der Waals surface area contributed by atoms with Crippen molar-refractivity contribution >= 4 is 32.5 Å². The van der Waals surface area contributed by atoms with Crippen molar-refractivity contribution < 1.29 is 17.9 Å². The van der Waals surface area contributed by atoms with Crippen LogP contribution in [0.1, 0.15) is 15.4 Å². The molecule has 0 amide bonds. The van der Waals surface area contributed by atoms with Crippen molar-refractivity contribution in [3.63, 3.8) is 0 Å². The van der Waals surface area contributed by atoms with Crippen molar-refractivity contribution in [1.82, 2.24) is 9.29 Å². The number of rotatable bonds is 3. The van der Waals surface area contributed by atoms with Crippen LogP contribution in [0.3, 0.4) is 0 Å². The van der Waals surface area contributed by atoms with Crippen LogP contribution in [0.15, 0.2) is 0 Å². The van der Waals surface area contributed by atoms with Gasteiger partial charge in [-0.3, -0.25) is 0 Å². The Balaban J connectivity index is 2.10. The highest BCUT2D eigenvalue weighted by Gasteiger charge is 2.26. The summed E-state index contributed by atoms with van der Waals surface area (Å²) < 4.78 is 29.1. The number of thiazole rings is 1. The van der Waals surface area contributed by atoms with Gasteiger partial charge in [0.05, 0.1) is 19.1 Å². The van der Waals surface area contributed by atoms with Crippen LogP contribution in [0.5, 0.6) is 0 Å². The number of hydrogen-bond acceptors (Lipinski definition) is 7. The fourth-order valence-electron chi connectivity index (χ4n) is 2.01. The molecule has 0 saturated carbocycles. The lowest BCUT2D eigenvalue weighted by molar-refractivity contribution is 0.0605. The van der Waals surface area contributed by atoms with E-state index < -0.39 is 10.0 Å². The number of hydrogen-bond donors (Lipinski definition) is 0. The fourth-order valence-corrected chi connectivity index (χ4v) is 3.87. The van der Waals surface area contributed by atoms with Crippen LogP contribution in [-0.2, 0) is 14.8 Å². The van der Waals surface area contributed by atoms with Gasteiger partial charge in [-0.1, -0.05) is 11.3 Å². The van der Waals surface area contributed by atoms with Crippen molar-refractivity contribution in [2.24, 2.45) is 0 Å². The lowest BCUT2D eigenvalue weighted by Crippen LogP contribution is -2.48.